The monoisotopic (exact) mass is 342 g/mol. The van der Waals surface area contributed by atoms with Crippen molar-refractivity contribution in [2.45, 2.75) is 6.92 Å². The van der Waals surface area contributed by atoms with Gasteiger partial charge in [0.05, 0.1) is 11.9 Å². The summed E-state index contributed by atoms with van der Waals surface area (Å²) < 4.78 is 13.2. The first-order chi connectivity index (χ1) is 12.0. The number of anilines is 2. The minimum Gasteiger partial charge on any atom is -0.367 e. The number of aromatic nitrogens is 1. The fraction of sp³-hybridized carbons (Fsp3) is 0.278. The number of halogens is 1. The predicted octanol–water partition coefficient (Wildman–Crippen LogP) is 2.14. The van der Waals surface area contributed by atoms with Gasteiger partial charge in [-0.05, 0) is 30.3 Å². The second kappa shape index (κ2) is 7.29. The molecule has 0 radical (unpaired) electrons. The van der Waals surface area contributed by atoms with E-state index in [2.05, 4.69) is 15.2 Å². The van der Waals surface area contributed by atoms with Crippen molar-refractivity contribution in [3.8, 4) is 0 Å². The maximum atomic E-state index is 13.2. The lowest BCUT2D eigenvalue weighted by atomic mass is 10.2. The first-order valence-electron chi connectivity index (χ1n) is 8.06. The van der Waals surface area contributed by atoms with E-state index in [0.717, 1.165) is 18.8 Å². The summed E-state index contributed by atoms with van der Waals surface area (Å²) in [5, 5.41) is 2.65. The van der Waals surface area contributed by atoms with Crippen LogP contribution in [0.1, 0.15) is 17.3 Å². The zero-order chi connectivity index (χ0) is 17.8. The second-order valence-electron chi connectivity index (χ2n) is 5.86. The molecule has 6 nitrogen and oxygen atoms in total. The van der Waals surface area contributed by atoms with Crippen molar-refractivity contribution in [1.29, 1.82) is 0 Å². The summed E-state index contributed by atoms with van der Waals surface area (Å²) in [7, 11) is 0. The molecule has 1 aromatic carbocycles. The van der Waals surface area contributed by atoms with Gasteiger partial charge in [0.1, 0.15) is 11.6 Å². The molecule has 0 bridgehead atoms. The minimum atomic E-state index is -0.458. The quantitative estimate of drug-likeness (QED) is 0.928. The number of nitrogens with one attached hydrogen (secondary N) is 1. The van der Waals surface area contributed by atoms with E-state index in [1.165, 1.54) is 18.2 Å². The Morgan fingerprint density at radius 3 is 2.48 bits per heavy atom. The zero-order valence-corrected chi connectivity index (χ0v) is 13.9. The van der Waals surface area contributed by atoms with Gasteiger partial charge < -0.3 is 15.1 Å². The largest absolute Gasteiger partial charge is 0.367 e. The van der Waals surface area contributed by atoms with Crippen molar-refractivity contribution in [2.75, 3.05) is 36.4 Å². The van der Waals surface area contributed by atoms with E-state index in [-0.39, 0.29) is 11.5 Å². The minimum absolute atomic E-state index is 0.0909. The Hall–Kier alpha value is -2.96. The number of pyridine rings is 1. The van der Waals surface area contributed by atoms with Gasteiger partial charge in [-0.1, -0.05) is 6.07 Å². The van der Waals surface area contributed by atoms with Gasteiger partial charge in [-0.25, -0.2) is 9.37 Å². The first kappa shape index (κ1) is 16.9. The summed E-state index contributed by atoms with van der Waals surface area (Å²) in [5.41, 5.74) is 1.18. The highest BCUT2D eigenvalue weighted by Gasteiger charge is 2.19. The van der Waals surface area contributed by atoms with E-state index in [1.54, 1.807) is 25.3 Å². The van der Waals surface area contributed by atoms with Gasteiger partial charge in [-0.3, -0.25) is 9.59 Å². The summed E-state index contributed by atoms with van der Waals surface area (Å²) in [6, 6.07) is 9.08. The van der Waals surface area contributed by atoms with Crippen LogP contribution in [0.5, 0.6) is 0 Å². The second-order valence-corrected chi connectivity index (χ2v) is 5.86. The summed E-state index contributed by atoms with van der Waals surface area (Å²) >= 11 is 0. The van der Waals surface area contributed by atoms with Crippen LogP contribution in [-0.4, -0.2) is 47.9 Å². The summed E-state index contributed by atoms with van der Waals surface area (Å²) in [5.74, 6) is -0.371. The first-order valence-corrected chi connectivity index (χ1v) is 8.06. The summed E-state index contributed by atoms with van der Waals surface area (Å²) in [4.78, 5) is 31.7. The SMILES string of the molecule is CC(=O)N1CCN(c2ccc(NC(=O)c3cccc(F)c3)nc2)CC1. The lowest BCUT2D eigenvalue weighted by Gasteiger charge is -2.35. The molecule has 1 saturated heterocycles. The zero-order valence-electron chi connectivity index (χ0n) is 13.9. The van der Waals surface area contributed by atoms with Crippen LogP contribution in [0.2, 0.25) is 0 Å². The molecule has 0 atom stereocenters. The molecule has 0 unspecified atom stereocenters. The molecule has 1 aromatic heterocycles. The van der Waals surface area contributed by atoms with Crippen molar-refractivity contribution in [3.63, 3.8) is 0 Å². The van der Waals surface area contributed by atoms with Crippen LogP contribution in [0.15, 0.2) is 42.6 Å². The van der Waals surface area contributed by atoms with Crippen molar-refractivity contribution in [2.24, 2.45) is 0 Å². The van der Waals surface area contributed by atoms with Crippen molar-refractivity contribution >= 4 is 23.3 Å². The Kier molecular flexibility index (Phi) is 4.92. The lowest BCUT2D eigenvalue weighted by Crippen LogP contribution is -2.48. The van der Waals surface area contributed by atoms with Crippen LogP contribution < -0.4 is 10.2 Å². The molecule has 130 valence electrons. The van der Waals surface area contributed by atoms with Crippen molar-refractivity contribution in [3.05, 3.63) is 54.0 Å². The third kappa shape index (κ3) is 4.12. The normalized spacial score (nSPS) is 14.3. The average molecular weight is 342 g/mol. The van der Waals surface area contributed by atoms with E-state index in [9.17, 15) is 14.0 Å². The highest BCUT2D eigenvalue weighted by molar-refractivity contribution is 6.03. The number of rotatable bonds is 3. The number of amides is 2. The summed E-state index contributed by atoms with van der Waals surface area (Å²) in [6.45, 7) is 4.45. The molecular formula is C18H19FN4O2. The number of piperazine rings is 1. The molecule has 25 heavy (non-hydrogen) atoms. The van der Waals surface area contributed by atoms with E-state index in [0.29, 0.717) is 18.9 Å². The van der Waals surface area contributed by atoms with Crippen molar-refractivity contribution < 1.29 is 14.0 Å². The third-order valence-corrected chi connectivity index (χ3v) is 4.17. The molecule has 2 aromatic rings. The Morgan fingerprint density at radius 1 is 1.12 bits per heavy atom. The predicted molar refractivity (Wildman–Crippen MR) is 93.1 cm³/mol. The van der Waals surface area contributed by atoms with Gasteiger partial charge in [0.25, 0.3) is 5.91 Å². The highest BCUT2D eigenvalue weighted by Crippen LogP contribution is 2.18. The van der Waals surface area contributed by atoms with Gasteiger partial charge in [0.15, 0.2) is 0 Å². The van der Waals surface area contributed by atoms with E-state index in [4.69, 9.17) is 0 Å². The van der Waals surface area contributed by atoms with Crippen molar-refractivity contribution in [1.82, 2.24) is 9.88 Å². The molecule has 2 heterocycles. The molecule has 1 aliphatic rings. The molecule has 7 heteroatoms. The number of nitrogens with zero attached hydrogens (tertiary/aromatic N) is 3. The van der Waals surface area contributed by atoms with Crippen LogP contribution in [0.25, 0.3) is 0 Å². The fourth-order valence-electron chi connectivity index (χ4n) is 2.74. The van der Waals surface area contributed by atoms with Crippen LogP contribution in [0.3, 0.4) is 0 Å². The molecule has 1 N–H and O–H groups in total. The Bertz CT molecular complexity index is 771. The Labute approximate surface area is 145 Å². The Morgan fingerprint density at radius 2 is 1.88 bits per heavy atom. The highest BCUT2D eigenvalue weighted by atomic mass is 19.1. The van der Waals surface area contributed by atoms with Gasteiger partial charge in [-0.2, -0.15) is 0 Å². The molecule has 3 rings (SSSR count). The summed E-state index contributed by atoms with van der Waals surface area (Å²) in [6.07, 6.45) is 1.69. The number of hydrogen-bond acceptors (Lipinski definition) is 4. The molecule has 0 aliphatic carbocycles. The molecule has 2 amide bonds. The van der Waals surface area contributed by atoms with Gasteiger partial charge in [-0.15, -0.1) is 0 Å². The van der Waals surface area contributed by atoms with Crippen LogP contribution in [0.4, 0.5) is 15.9 Å². The van der Waals surface area contributed by atoms with Crippen LogP contribution in [0, 0.1) is 5.82 Å². The third-order valence-electron chi connectivity index (χ3n) is 4.17. The average Bonchev–Trinajstić information content (AvgIpc) is 2.62. The molecule has 0 saturated carbocycles. The maximum Gasteiger partial charge on any atom is 0.256 e. The van der Waals surface area contributed by atoms with Gasteiger partial charge >= 0.3 is 0 Å². The maximum absolute atomic E-state index is 13.2. The Balaban J connectivity index is 1.61. The molecule has 1 fully saturated rings. The van der Waals surface area contributed by atoms with Gasteiger partial charge in [0.2, 0.25) is 5.91 Å². The fourth-order valence-corrected chi connectivity index (χ4v) is 2.74. The van der Waals surface area contributed by atoms with Gasteiger partial charge in [0, 0.05) is 38.7 Å². The van der Waals surface area contributed by atoms with E-state index >= 15 is 0 Å². The lowest BCUT2D eigenvalue weighted by molar-refractivity contribution is -0.129. The van der Waals surface area contributed by atoms with E-state index < -0.39 is 11.7 Å². The molecule has 1 aliphatic heterocycles. The number of hydrogen-bond donors (Lipinski definition) is 1. The van der Waals surface area contributed by atoms with Crippen LogP contribution >= 0.6 is 0 Å². The number of carbonyl (C=O) groups is 2. The smallest absolute Gasteiger partial charge is 0.256 e. The topological polar surface area (TPSA) is 65.5 Å². The molecule has 0 spiro atoms. The standard InChI is InChI=1S/C18H19FN4O2/c1-13(24)22-7-9-23(10-8-22)16-5-6-17(20-12-16)21-18(25)14-3-2-4-15(19)11-14/h2-6,11-12H,7-10H2,1H3,(H,20,21,25). The molecular weight excluding hydrogens is 323 g/mol. The number of benzene rings is 1. The van der Waals surface area contributed by atoms with Crippen LogP contribution in [-0.2, 0) is 4.79 Å². The number of carbonyl (C=O) groups excluding carboxylic acids is 2. The van der Waals surface area contributed by atoms with E-state index in [1.807, 2.05) is 11.0 Å².